The zero-order valence-electron chi connectivity index (χ0n) is 14.4. The summed E-state index contributed by atoms with van der Waals surface area (Å²) in [7, 11) is 1.82. The van der Waals surface area contributed by atoms with Crippen molar-refractivity contribution in [2.75, 3.05) is 18.4 Å². The standard InChI is InChI=1S/C18H24N4O2/c1-13-15(20-17(24)18(2)10-7-11-19-12-18)16(23)22(21(13)3)14-8-5-4-6-9-14/h4-6,8-9,19H,7,10-12H2,1-3H3,(H,20,24). The van der Waals surface area contributed by atoms with E-state index in [0.717, 1.165) is 30.8 Å². The minimum atomic E-state index is -0.482. The lowest BCUT2D eigenvalue weighted by Gasteiger charge is -2.32. The van der Waals surface area contributed by atoms with Gasteiger partial charge in [-0.25, -0.2) is 4.68 Å². The Morgan fingerprint density at radius 2 is 2.00 bits per heavy atom. The summed E-state index contributed by atoms with van der Waals surface area (Å²) in [6, 6.07) is 9.43. The lowest BCUT2D eigenvalue weighted by atomic mass is 9.82. The Balaban J connectivity index is 1.95. The highest BCUT2D eigenvalue weighted by Crippen LogP contribution is 2.27. The van der Waals surface area contributed by atoms with E-state index < -0.39 is 5.41 Å². The van der Waals surface area contributed by atoms with E-state index >= 15 is 0 Å². The van der Waals surface area contributed by atoms with Crippen molar-refractivity contribution in [1.29, 1.82) is 0 Å². The van der Waals surface area contributed by atoms with E-state index in [1.165, 1.54) is 0 Å². The third-order valence-corrected chi connectivity index (χ3v) is 4.94. The number of nitrogens with one attached hydrogen (secondary N) is 2. The summed E-state index contributed by atoms with van der Waals surface area (Å²) in [6.45, 7) is 5.37. The van der Waals surface area contributed by atoms with Gasteiger partial charge in [-0.2, -0.15) is 0 Å². The lowest BCUT2D eigenvalue weighted by molar-refractivity contribution is -0.125. The predicted octanol–water partition coefficient (Wildman–Crippen LogP) is 1.81. The average Bonchev–Trinajstić information content (AvgIpc) is 2.80. The van der Waals surface area contributed by atoms with Gasteiger partial charge in [0.2, 0.25) is 5.91 Å². The Kier molecular flexibility index (Phi) is 4.32. The molecular formula is C18H24N4O2. The summed E-state index contributed by atoms with van der Waals surface area (Å²) in [4.78, 5) is 25.6. The van der Waals surface area contributed by atoms with Crippen LogP contribution in [0.25, 0.3) is 5.69 Å². The maximum Gasteiger partial charge on any atom is 0.295 e. The van der Waals surface area contributed by atoms with E-state index in [1.54, 1.807) is 9.36 Å². The smallest absolute Gasteiger partial charge is 0.295 e. The predicted molar refractivity (Wildman–Crippen MR) is 94.6 cm³/mol. The van der Waals surface area contributed by atoms with Crippen LogP contribution >= 0.6 is 0 Å². The van der Waals surface area contributed by atoms with Crippen molar-refractivity contribution < 1.29 is 4.79 Å². The van der Waals surface area contributed by atoms with Gasteiger partial charge >= 0.3 is 0 Å². The number of amides is 1. The number of hydrogen-bond acceptors (Lipinski definition) is 3. The molecule has 0 radical (unpaired) electrons. The van der Waals surface area contributed by atoms with Gasteiger partial charge in [-0.1, -0.05) is 18.2 Å². The monoisotopic (exact) mass is 328 g/mol. The minimum absolute atomic E-state index is 0.0966. The topological polar surface area (TPSA) is 68.1 Å². The van der Waals surface area contributed by atoms with E-state index in [-0.39, 0.29) is 11.5 Å². The molecule has 1 aromatic carbocycles. The summed E-state index contributed by atoms with van der Waals surface area (Å²) in [6.07, 6.45) is 1.79. The quantitative estimate of drug-likeness (QED) is 0.903. The fraction of sp³-hybridized carbons (Fsp3) is 0.444. The van der Waals surface area contributed by atoms with Gasteiger partial charge in [-0.05, 0) is 45.4 Å². The van der Waals surface area contributed by atoms with Crippen LogP contribution in [0.3, 0.4) is 0 Å². The van der Waals surface area contributed by atoms with Gasteiger partial charge in [-0.15, -0.1) is 0 Å². The van der Waals surface area contributed by atoms with Crippen LogP contribution in [0.4, 0.5) is 5.69 Å². The maximum atomic E-state index is 12.8. The second-order valence-electron chi connectivity index (χ2n) is 6.73. The first-order valence-electron chi connectivity index (χ1n) is 8.30. The summed E-state index contributed by atoms with van der Waals surface area (Å²) >= 11 is 0. The average molecular weight is 328 g/mol. The minimum Gasteiger partial charge on any atom is -0.319 e. The number of carbonyl (C=O) groups excluding carboxylic acids is 1. The number of para-hydroxylation sites is 1. The normalized spacial score (nSPS) is 20.8. The molecule has 6 heteroatoms. The second-order valence-corrected chi connectivity index (χ2v) is 6.73. The first-order valence-corrected chi connectivity index (χ1v) is 8.30. The number of nitrogens with zero attached hydrogens (tertiary/aromatic N) is 2. The van der Waals surface area contributed by atoms with Gasteiger partial charge in [0.25, 0.3) is 5.56 Å². The van der Waals surface area contributed by atoms with Gasteiger partial charge in [-0.3, -0.25) is 14.3 Å². The molecule has 6 nitrogen and oxygen atoms in total. The first kappa shape index (κ1) is 16.5. The number of anilines is 1. The van der Waals surface area contributed by atoms with Gasteiger partial charge in [0, 0.05) is 13.6 Å². The molecule has 1 aliphatic heterocycles. The highest BCUT2D eigenvalue weighted by atomic mass is 16.2. The fourth-order valence-electron chi connectivity index (χ4n) is 3.23. The van der Waals surface area contributed by atoms with E-state index in [2.05, 4.69) is 10.6 Å². The molecule has 0 aliphatic carbocycles. The van der Waals surface area contributed by atoms with Crippen molar-refractivity contribution in [1.82, 2.24) is 14.7 Å². The summed E-state index contributed by atoms with van der Waals surface area (Å²) in [5.41, 5.74) is 1.19. The highest BCUT2D eigenvalue weighted by molar-refractivity contribution is 5.95. The zero-order chi connectivity index (χ0) is 17.3. The number of aromatic nitrogens is 2. The molecule has 1 atom stereocenters. The summed E-state index contributed by atoms with van der Waals surface area (Å²) in [5, 5.41) is 6.15. The molecule has 24 heavy (non-hydrogen) atoms. The van der Waals surface area contributed by atoms with Crippen LogP contribution in [0.5, 0.6) is 0 Å². The van der Waals surface area contributed by atoms with Crippen LogP contribution < -0.4 is 16.2 Å². The Labute approximate surface area is 141 Å². The van der Waals surface area contributed by atoms with Crippen molar-refractivity contribution >= 4 is 11.6 Å². The van der Waals surface area contributed by atoms with E-state index in [0.29, 0.717) is 12.2 Å². The van der Waals surface area contributed by atoms with Crippen LogP contribution in [0.1, 0.15) is 25.5 Å². The molecule has 1 aromatic heterocycles. The number of carbonyl (C=O) groups is 1. The third kappa shape index (κ3) is 2.78. The Morgan fingerprint density at radius 1 is 1.29 bits per heavy atom. The third-order valence-electron chi connectivity index (χ3n) is 4.94. The summed E-state index contributed by atoms with van der Waals surface area (Å²) < 4.78 is 3.35. The lowest BCUT2D eigenvalue weighted by Crippen LogP contribution is -2.46. The number of rotatable bonds is 3. The molecular weight excluding hydrogens is 304 g/mol. The molecule has 0 spiro atoms. The molecule has 1 saturated heterocycles. The molecule has 1 amide bonds. The van der Waals surface area contributed by atoms with Crippen LogP contribution in [-0.2, 0) is 11.8 Å². The van der Waals surface area contributed by atoms with Crippen molar-refractivity contribution in [2.24, 2.45) is 12.5 Å². The second kappa shape index (κ2) is 6.28. The van der Waals surface area contributed by atoms with Crippen molar-refractivity contribution in [2.45, 2.75) is 26.7 Å². The molecule has 0 saturated carbocycles. The Hall–Kier alpha value is -2.34. The molecule has 2 aromatic rings. The Bertz CT molecular complexity index is 798. The zero-order valence-corrected chi connectivity index (χ0v) is 14.4. The number of hydrogen-bond donors (Lipinski definition) is 2. The van der Waals surface area contributed by atoms with Crippen LogP contribution in [-0.4, -0.2) is 28.4 Å². The van der Waals surface area contributed by atoms with Crippen molar-refractivity contribution in [3.63, 3.8) is 0 Å². The SMILES string of the molecule is Cc1c(NC(=O)C2(C)CCCNC2)c(=O)n(-c2ccccc2)n1C. The van der Waals surface area contributed by atoms with Crippen molar-refractivity contribution in [3.8, 4) is 5.69 Å². The number of piperidine rings is 1. The molecule has 128 valence electrons. The van der Waals surface area contributed by atoms with Gasteiger partial charge in [0.15, 0.2) is 0 Å². The number of benzene rings is 1. The first-order chi connectivity index (χ1) is 11.4. The van der Waals surface area contributed by atoms with Crippen molar-refractivity contribution in [3.05, 3.63) is 46.4 Å². The van der Waals surface area contributed by atoms with Crippen LogP contribution in [0.2, 0.25) is 0 Å². The largest absolute Gasteiger partial charge is 0.319 e. The maximum absolute atomic E-state index is 12.8. The molecule has 3 rings (SSSR count). The van der Waals surface area contributed by atoms with Gasteiger partial charge in [0.05, 0.1) is 16.8 Å². The van der Waals surface area contributed by atoms with Crippen LogP contribution in [0.15, 0.2) is 35.1 Å². The molecule has 2 N–H and O–H groups in total. The fourth-order valence-corrected chi connectivity index (χ4v) is 3.23. The Morgan fingerprint density at radius 3 is 2.62 bits per heavy atom. The van der Waals surface area contributed by atoms with E-state index in [9.17, 15) is 9.59 Å². The molecule has 0 bridgehead atoms. The molecule has 1 unspecified atom stereocenters. The molecule has 2 heterocycles. The van der Waals surface area contributed by atoms with Gasteiger partial charge < -0.3 is 10.6 Å². The summed E-state index contributed by atoms with van der Waals surface area (Å²) in [5.74, 6) is -0.0966. The molecule has 1 fully saturated rings. The van der Waals surface area contributed by atoms with Gasteiger partial charge in [0.1, 0.15) is 5.69 Å². The van der Waals surface area contributed by atoms with Crippen LogP contribution in [0, 0.1) is 12.3 Å². The molecule has 1 aliphatic rings. The van der Waals surface area contributed by atoms with E-state index in [1.807, 2.05) is 51.2 Å². The van der Waals surface area contributed by atoms with E-state index in [4.69, 9.17) is 0 Å². The highest BCUT2D eigenvalue weighted by Gasteiger charge is 2.35.